The molecule has 0 radical (unpaired) electrons. The Morgan fingerprint density at radius 3 is 2.39 bits per heavy atom. The van der Waals surface area contributed by atoms with Crippen molar-refractivity contribution in [1.82, 2.24) is 0 Å². The van der Waals surface area contributed by atoms with Crippen LogP contribution in [0.25, 0.3) is 0 Å². The number of esters is 1. The van der Waals surface area contributed by atoms with Crippen molar-refractivity contribution in [3.05, 3.63) is 29.8 Å². The fourth-order valence-corrected chi connectivity index (χ4v) is 1.64. The Kier molecular flexibility index (Phi) is 5.36. The van der Waals surface area contributed by atoms with E-state index >= 15 is 0 Å². The van der Waals surface area contributed by atoms with Gasteiger partial charge in [-0.1, -0.05) is 20.3 Å². The van der Waals surface area contributed by atoms with Crippen LogP contribution in [0.3, 0.4) is 0 Å². The molecular formula is C14H19NO3. The van der Waals surface area contributed by atoms with E-state index in [1.807, 2.05) is 6.92 Å². The molecule has 18 heavy (non-hydrogen) atoms. The first kappa shape index (κ1) is 14.2. The molecule has 1 amide bonds. The van der Waals surface area contributed by atoms with Gasteiger partial charge in [0.05, 0.1) is 12.7 Å². The number of hydrogen-bond donors (Lipinski definition) is 1. The predicted octanol–water partition coefficient (Wildman–Crippen LogP) is 2.85. The summed E-state index contributed by atoms with van der Waals surface area (Å²) in [6.45, 7) is 3.95. The van der Waals surface area contributed by atoms with Gasteiger partial charge in [0.15, 0.2) is 0 Å². The number of hydrogen-bond acceptors (Lipinski definition) is 3. The molecule has 0 saturated carbocycles. The van der Waals surface area contributed by atoms with Crippen LogP contribution in [0.15, 0.2) is 24.3 Å². The van der Waals surface area contributed by atoms with Gasteiger partial charge in [0.1, 0.15) is 0 Å². The summed E-state index contributed by atoms with van der Waals surface area (Å²) in [5.41, 5.74) is 1.16. The predicted molar refractivity (Wildman–Crippen MR) is 70.5 cm³/mol. The number of carbonyl (C=O) groups is 2. The van der Waals surface area contributed by atoms with Crippen molar-refractivity contribution in [1.29, 1.82) is 0 Å². The van der Waals surface area contributed by atoms with Gasteiger partial charge < -0.3 is 10.1 Å². The van der Waals surface area contributed by atoms with E-state index in [-0.39, 0.29) is 17.8 Å². The number of ether oxygens (including phenoxy) is 1. The van der Waals surface area contributed by atoms with Crippen LogP contribution in [-0.4, -0.2) is 19.0 Å². The summed E-state index contributed by atoms with van der Waals surface area (Å²) < 4.78 is 4.60. The molecule has 0 aliphatic heterocycles. The number of anilines is 1. The molecule has 1 atom stereocenters. The molecule has 0 aliphatic rings. The lowest BCUT2D eigenvalue weighted by molar-refractivity contribution is -0.119. The Morgan fingerprint density at radius 2 is 1.89 bits per heavy atom. The third-order valence-corrected chi connectivity index (χ3v) is 2.74. The number of methoxy groups -OCH3 is 1. The average Bonchev–Trinajstić information content (AvgIpc) is 2.39. The molecule has 0 spiro atoms. The molecule has 4 heteroatoms. The van der Waals surface area contributed by atoms with Crippen molar-refractivity contribution in [3.8, 4) is 0 Å². The number of amides is 1. The summed E-state index contributed by atoms with van der Waals surface area (Å²) in [5.74, 6) is -0.384. The van der Waals surface area contributed by atoms with Crippen LogP contribution in [0, 0.1) is 5.92 Å². The van der Waals surface area contributed by atoms with E-state index in [4.69, 9.17) is 0 Å². The van der Waals surface area contributed by atoms with Gasteiger partial charge in [-0.05, 0) is 30.7 Å². The van der Waals surface area contributed by atoms with Crippen molar-refractivity contribution < 1.29 is 14.3 Å². The maximum Gasteiger partial charge on any atom is 0.337 e. The SMILES string of the molecule is CCC[C@H](C)C(=O)Nc1ccc(C(=O)OC)cc1. The minimum atomic E-state index is -0.382. The second kappa shape index (κ2) is 6.79. The topological polar surface area (TPSA) is 55.4 Å². The smallest absolute Gasteiger partial charge is 0.337 e. The number of rotatable bonds is 5. The first-order chi connectivity index (χ1) is 8.58. The molecule has 98 valence electrons. The molecular weight excluding hydrogens is 230 g/mol. The van der Waals surface area contributed by atoms with Crippen LogP contribution in [0.2, 0.25) is 0 Å². The number of carbonyl (C=O) groups excluding carboxylic acids is 2. The Hall–Kier alpha value is -1.84. The molecule has 0 heterocycles. The Morgan fingerprint density at radius 1 is 1.28 bits per heavy atom. The number of benzene rings is 1. The molecule has 1 aromatic rings. The van der Waals surface area contributed by atoms with Crippen molar-refractivity contribution in [3.63, 3.8) is 0 Å². The Bertz CT molecular complexity index is 412. The summed E-state index contributed by atoms with van der Waals surface area (Å²) in [6.07, 6.45) is 1.85. The van der Waals surface area contributed by atoms with E-state index < -0.39 is 0 Å². The van der Waals surface area contributed by atoms with Gasteiger partial charge in [-0.25, -0.2) is 4.79 Å². The maximum atomic E-state index is 11.8. The lowest BCUT2D eigenvalue weighted by Crippen LogP contribution is -2.20. The average molecular weight is 249 g/mol. The second-order valence-electron chi connectivity index (χ2n) is 4.25. The number of nitrogens with one attached hydrogen (secondary N) is 1. The van der Waals surface area contributed by atoms with Gasteiger partial charge >= 0.3 is 5.97 Å². The molecule has 0 fully saturated rings. The highest BCUT2D eigenvalue weighted by Gasteiger charge is 2.12. The van der Waals surface area contributed by atoms with Crippen LogP contribution in [0.5, 0.6) is 0 Å². The van der Waals surface area contributed by atoms with Gasteiger partial charge in [-0.2, -0.15) is 0 Å². The van der Waals surface area contributed by atoms with Crippen molar-refractivity contribution in [2.24, 2.45) is 5.92 Å². The highest BCUT2D eigenvalue weighted by atomic mass is 16.5. The van der Waals surface area contributed by atoms with Crippen molar-refractivity contribution >= 4 is 17.6 Å². The van der Waals surface area contributed by atoms with Gasteiger partial charge in [-0.15, -0.1) is 0 Å². The quantitative estimate of drug-likeness (QED) is 0.816. The standard InChI is InChI=1S/C14H19NO3/c1-4-5-10(2)13(16)15-12-8-6-11(7-9-12)14(17)18-3/h6-10H,4-5H2,1-3H3,(H,15,16)/t10-/m0/s1. The van der Waals surface area contributed by atoms with E-state index in [2.05, 4.69) is 17.0 Å². The fourth-order valence-electron chi connectivity index (χ4n) is 1.64. The minimum absolute atomic E-state index is 0.00247. The monoisotopic (exact) mass is 249 g/mol. The summed E-state index contributed by atoms with van der Waals surface area (Å²) in [6, 6.07) is 6.66. The third kappa shape index (κ3) is 3.87. The zero-order valence-electron chi connectivity index (χ0n) is 11.0. The second-order valence-corrected chi connectivity index (χ2v) is 4.25. The zero-order valence-corrected chi connectivity index (χ0v) is 11.0. The van der Waals surface area contributed by atoms with Gasteiger partial charge in [-0.3, -0.25) is 4.79 Å². The molecule has 0 aromatic heterocycles. The van der Waals surface area contributed by atoms with Gasteiger partial charge in [0.25, 0.3) is 0 Å². The van der Waals surface area contributed by atoms with Crippen LogP contribution in [0.4, 0.5) is 5.69 Å². The molecule has 0 aliphatic carbocycles. The van der Waals surface area contributed by atoms with Crippen LogP contribution < -0.4 is 5.32 Å². The lowest BCUT2D eigenvalue weighted by atomic mass is 10.1. The highest BCUT2D eigenvalue weighted by molar-refractivity contribution is 5.93. The third-order valence-electron chi connectivity index (χ3n) is 2.74. The summed E-state index contributed by atoms with van der Waals surface area (Å²) in [4.78, 5) is 23.0. The maximum absolute atomic E-state index is 11.8. The van der Waals surface area contributed by atoms with E-state index in [0.29, 0.717) is 11.3 Å². The van der Waals surface area contributed by atoms with Gasteiger partial charge in [0.2, 0.25) is 5.91 Å². The first-order valence-electron chi connectivity index (χ1n) is 6.07. The van der Waals surface area contributed by atoms with E-state index in [9.17, 15) is 9.59 Å². The molecule has 0 bridgehead atoms. The summed E-state index contributed by atoms with van der Waals surface area (Å²) >= 11 is 0. The highest BCUT2D eigenvalue weighted by Crippen LogP contribution is 2.13. The molecule has 1 N–H and O–H groups in total. The fraction of sp³-hybridized carbons (Fsp3) is 0.429. The van der Waals surface area contributed by atoms with Crippen LogP contribution in [0.1, 0.15) is 37.0 Å². The van der Waals surface area contributed by atoms with Crippen molar-refractivity contribution in [2.75, 3.05) is 12.4 Å². The first-order valence-corrected chi connectivity index (χ1v) is 6.07. The van der Waals surface area contributed by atoms with E-state index in [1.54, 1.807) is 24.3 Å². The molecule has 0 saturated heterocycles. The van der Waals surface area contributed by atoms with E-state index in [0.717, 1.165) is 12.8 Å². The normalized spacial score (nSPS) is 11.7. The van der Waals surface area contributed by atoms with Crippen LogP contribution >= 0.6 is 0 Å². The van der Waals surface area contributed by atoms with Crippen LogP contribution in [-0.2, 0) is 9.53 Å². The Balaban J connectivity index is 2.63. The molecule has 1 aromatic carbocycles. The van der Waals surface area contributed by atoms with E-state index in [1.165, 1.54) is 7.11 Å². The molecule has 1 rings (SSSR count). The van der Waals surface area contributed by atoms with Crippen molar-refractivity contribution in [2.45, 2.75) is 26.7 Å². The molecule has 0 unspecified atom stereocenters. The molecule has 4 nitrogen and oxygen atoms in total. The van der Waals surface area contributed by atoms with Gasteiger partial charge in [0, 0.05) is 11.6 Å². The summed E-state index contributed by atoms with van der Waals surface area (Å²) in [7, 11) is 1.34. The summed E-state index contributed by atoms with van der Waals surface area (Å²) in [5, 5.41) is 2.82. The largest absolute Gasteiger partial charge is 0.465 e. The zero-order chi connectivity index (χ0) is 13.5. The lowest BCUT2D eigenvalue weighted by Gasteiger charge is -2.11. The minimum Gasteiger partial charge on any atom is -0.465 e. The Labute approximate surface area is 107 Å².